The minimum absolute atomic E-state index is 0.0141. The molecule has 0 atom stereocenters. The lowest BCUT2D eigenvalue weighted by Gasteiger charge is -2.11. The third kappa shape index (κ3) is 5.33. The quantitative estimate of drug-likeness (QED) is 0.799. The zero-order valence-corrected chi connectivity index (χ0v) is 13.9. The predicted octanol–water partition coefficient (Wildman–Crippen LogP) is 3.05. The molecular formula is C19H23NO3. The molecule has 0 saturated heterocycles. The van der Waals surface area contributed by atoms with Crippen molar-refractivity contribution in [3.63, 3.8) is 0 Å². The first kappa shape index (κ1) is 16.9. The van der Waals surface area contributed by atoms with E-state index in [4.69, 9.17) is 9.47 Å². The Bertz CT molecular complexity index is 650. The average Bonchev–Trinajstić information content (AvgIpc) is 2.55. The fraction of sp³-hybridized carbons (Fsp3) is 0.316. The molecule has 0 spiro atoms. The van der Waals surface area contributed by atoms with E-state index in [0.29, 0.717) is 19.6 Å². The van der Waals surface area contributed by atoms with Gasteiger partial charge in [0.05, 0.1) is 20.1 Å². The monoisotopic (exact) mass is 313 g/mol. The summed E-state index contributed by atoms with van der Waals surface area (Å²) in [5.74, 6) is 1.64. The second-order valence-electron chi connectivity index (χ2n) is 5.49. The van der Waals surface area contributed by atoms with Crippen LogP contribution in [0.4, 0.5) is 0 Å². The Morgan fingerprint density at radius 3 is 2.52 bits per heavy atom. The van der Waals surface area contributed by atoms with E-state index in [-0.39, 0.29) is 5.91 Å². The molecule has 0 aliphatic rings. The normalized spacial score (nSPS) is 10.2. The largest absolute Gasteiger partial charge is 0.497 e. The summed E-state index contributed by atoms with van der Waals surface area (Å²) in [6, 6.07) is 13.6. The summed E-state index contributed by atoms with van der Waals surface area (Å²) >= 11 is 0. The van der Waals surface area contributed by atoms with Crippen LogP contribution in [-0.4, -0.2) is 26.2 Å². The van der Waals surface area contributed by atoms with Gasteiger partial charge in [0.1, 0.15) is 18.1 Å². The van der Waals surface area contributed by atoms with Crippen LogP contribution in [0.15, 0.2) is 42.5 Å². The summed E-state index contributed by atoms with van der Waals surface area (Å²) < 4.78 is 10.8. The van der Waals surface area contributed by atoms with Gasteiger partial charge >= 0.3 is 0 Å². The van der Waals surface area contributed by atoms with Gasteiger partial charge in [-0.2, -0.15) is 0 Å². The molecule has 2 aromatic rings. The zero-order chi connectivity index (χ0) is 16.7. The second-order valence-corrected chi connectivity index (χ2v) is 5.49. The highest BCUT2D eigenvalue weighted by Crippen LogP contribution is 2.18. The van der Waals surface area contributed by atoms with Crippen molar-refractivity contribution in [2.75, 3.05) is 20.3 Å². The van der Waals surface area contributed by atoms with E-state index >= 15 is 0 Å². The number of carbonyl (C=O) groups is 1. The summed E-state index contributed by atoms with van der Waals surface area (Å²) in [6.07, 6.45) is 0.355. The SMILES string of the molecule is COc1ccc(CC(=O)NCCOc2cc(C)ccc2C)cc1. The molecule has 0 aromatic heterocycles. The fourth-order valence-electron chi connectivity index (χ4n) is 2.21. The van der Waals surface area contributed by atoms with Gasteiger partial charge in [0.25, 0.3) is 0 Å². The molecule has 4 nitrogen and oxygen atoms in total. The second kappa shape index (κ2) is 8.22. The Kier molecular flexibility index (Phi) is 6.03. The van der Waals surface area contributed by atoms with Crippen molar-refractivity contribution in [2.24, 2.45) is 0 Å². The maximum absolute atomic E-state index is 11.9. The van der Waals surface area contributed by atoms with Gasteiger partial charge < -0.3 is 14.8 Å². The number of ether oxygens (including phenoxy) is 2. The van der Waals surface area contributed by atoms with Crippen LogP contribution in [0.5, 0.6) is 11.5 Å². The van der Waals surface area contributed by atoms with Crippen LogP contribution in [-0.2, 0) is 11.2 Å². The smallest absolute Gasteiger partial charge is 0.224 e. The van der Waals surface area contributed by atoms with Crippen LogP contribution in [0.3, 0.4) is 0 Å². The number of aryl methyl sites for hydroxylation is 2. The number of methoxy groups -OCH3 is 1. The van der Waals surface area contributed by atoms with E-state index in [1.807, 2.05) is 50.2 Å². The van der Waals surface area contributed by atoms with Gasteiger partial charge in [-0.05, 0) is 48.7 Å². The lowest BCUT2D eigenvalue weighted by atomic mass is 10.1. The Labute approximate surface area is 137 Å². The molecule has 23 heavy (non-hydrogen) atoms. The van der Waals surface area contributed by atoms with Crippen LogP contribution in [0.2, 0.25) is 0 Å². The maximum atomic E-state index is 11.9. The molecule has 122 valence electrons. The zero-order valence-electron chi connectivity index (χ0n) is 13.9. The standard InChI is InChI=1S/C19H23NO3/c1-14-4-5-15(2)18(12-14)23-11-10-20-19(21)13-16-6-8-17(22-3)9-7-16/h4-9,12H,10-11,13H2,1-3H3,(H,20,21). The molecule has 2 aromatic carbocycles. The lowest BCUT2D eigenvalue weighted by Crippen LogP contribution is -2.29. The molecule has 2 rings (SSSR count). The molecule has 0 heterocycles. The van der Waals surface area contributed by atoms with Gasteiger partial charge in [0.15, 0.2) is 0 Å². The van der Waals surface area contributed by atoms with Gasteiger partial charge in [-0.3, -0.25) is 4.79 Å². The molecule has 0 aliphatic carbocycles. The highest BCUT2D eigenvalue weighted by Gasteiger charge is 2.04. The van der Waals surface area contributed by atoms with Crippen LogP contribution >= 0.6 is 0 Å². The molecule has 0 radical (unpaired) electrons. The van der Waals surface area contributed by atoms with Gasteiger partial charge in [-0.1, -0.05) is 24.3 Å². The maximum Gasteiger partial charge on any atom is 0.224 e. The fourth-order valence-corrected chi connectivity index (χ4v) is 2.21. The molecule has 1 amide bonds. The number of amides is 1. The van der Waals surface area contributed by atoms with Crippen molar-refractivity contribution in [2.45, 2.75) is 20.3 Å². The number of hydrogen-bond donors (Lipinski definition) is 1. The first-order valence-electron chi connectivity index (χ1n) is 7.68. The topological polar surface area (TPSA) is 47.6 Å². The van der Waals surface area contributed by atoms with Gasteiger partial charge in [0.2, 0.25) is 5.91 Å². The lowest BCUT2D eigenvalue weighted by molar-refractivity contribution is -0.120. The van der Waals surface area contributed by atoms with E-state index in [0.717, 1.165) is 28.2 Å². The first-order valence-corrected chi connectivity index (χ1v) is 7.68. The minimum Gasteiger partial charge on any atom is -0.497 e. The summed E-state index contributed by atoms with van der Waals surface area (Å²) in [4.78, 5) is 11.9. The van der Waals surface area contributed by atoms with E-state index < -0.39 is 0 Å². The highest BCUT2D eigenvalue weighted by molar-refractivity contribution is 5.78. The Hall–Kier alpha value is -2.49. The van der Waals surface area contributed by atoms with Crippen LogP contribution in [0, 0.1) is 13.8 Å². The predicted molar refractivity (Wildman–Crippen MR) is 91.1 cm³/mol. The Balaban J connectivity index is 1.73. The van der Waals surface area contributed by atoms with Crippen molar-refractivity contribution in [1.82, 2.24) is 5.32 Å². The Morgan fingerprint density at radius 1 is 1.09 bits per heavy atom. The van der Waals surface area contributed by atoms with E-state index in [1.54, 1.807) is 7.11 Å². The minimum atomic E-state index is -0.0141. The van der Waals surface area contributed by atoms with Gasteiger partial charge in [-0.15, -0.1) is 0 Å². The van der Waals surface area contributed by atoms with Crippen molar-refractivity contribution in [3.8, 4) is 11.5 Å². The van der Waals surface area contributed by atoms with E-state index in [1.165, 1.54) is 0 Å². The number of nitrogens with one attached hydrogen (secondary N) is 1. The molecule has 0 aliphatic heterocycles. The summed E-state index contributed by atoms with van der Waals surface area (Å²) in [6.45, 7) is 4.99. The van der Waals surface area contributed by atoms with Gasteiger partial charge in [-0.25, -0.2) is 0 Å². The summed E-state index contributed by atoms with van der Waals surface area (Å²) in [5.41, 5.74) is 3.22. The van der Waals surface area contributed by atoms with Crippen molar-refractivity contribution < 1.29 is 14.3 Å². The van der Waals surface area contributed by atoms with Crippen molar-refractivity contribution in [3.05, 3.63) is 59.2 Å². The third-order valence-electron chi connectivity index (χ3n) is 3.55. The van der Waals surface area contributed by atoms with Crippen LogP contribution in [0.25, 0.3) is 0 Å². The van der Waals surface area contributed by atoms with Crippen molar-refractivity contribution >= 4 is 5.91 Å². The number of benzene rings is 2. The average molecular weight is 313 g/mol. The van der Waals surface area contributed by atoms with Crippen molar-refractivity contribution in [1.29, 1.82) is 0 Å². The first-order chi connectivity index (χ1) is 11.1. The molecule has 0 saturated carbocycles. The molecule has 0 unspecified atom stereocenters. The molecule has 4 heteroatoms. The number of hydrogen-bond acceptors (Lipinski definition) is 3. The third-order valence-corrected chi connectivity index (χ3v) is 3.55. The Morgan fingerprint density at radius 2 is 1.83 bits per heavy atom. The number of carbonyl (C=O) groups excluding carboxylic acids is 1. The van der Waals surface area contributed by atoms with E-state index in [9.17, 15) is 4.79 Å². The molecule has 0 fully saturated rings. The summed E-state index contributed by atoms with van der Waals surface area (Å²) in [7, 11) is 1.62. The van der Waals surface area contributed by atoms with E-state index in [2.05, 4.69) is 11.4 Å². The highest BCUT2D eigenvalue weighted by atomic mass is 16.5. The molecule has 1 N–H and O–H groups in total. The molecular weight excluding hydrogens is 290 g/mol. The number of rotatable bonds is 7. The van der Waals surface area contributed by atoms with Crippen LogP contribution < -0.4 is 14.8 Å². The summed E-state index contributed by atoms with van der Waals surface area (Å²) in [5, 5.41) is 2.87. The van der Waals surface area contributed by atoms with Crippen LogP contribution in [0.1, 0.15) is 16.7 Å². The van der Waals surface area contributed by atoms with Gasteiger partial charge in [0, 0.05) is 0 Å². The molecule has 0 bridgehead atoms.